The molecular weight excluding hydrogens is 312 g/mol. The topological polar surface area (TPSA) is 53.2 Å². The van der Waals surface area contributed by atoms with E-state index in [9.17, 15) is 9.59 Å². The summed E-state index contributed by atoms with van der Waals surface area (Å²) in [5, 5.41) is 0. The summed E-state index contributed by atoms with van der Waals surface area (Å²) in [5.74, 6) is -0.101. The number of aromatic amines is 1. The second-order valence-electron chi connectivity index (χ2n) is 5.62. The maximum Gasteiger partial charge on any atom is 0.270 e. The molecule has 0 fully saturated rings. The van der Waals surface area contributed by atoms with Crippen LogP contribution in [0.5, 0.6) is 0 Å². The number of nitrogens with zero attached hydrogens (tertiary/aromatic N) is 1. The number of carbonyl (C=O) groups is 2. The summed E-state index contributed by atoms with van der Waals surface area (Å²) in [4.78, 5) is 27.9. The largest absolute Gasteiger partial charge is 0.351 e. The number of rotatable bonds is 10. The lowest BCUT2D eigenvalue weighted by Gasteiger charge is -2.18. The molecule has 0 unspecified atom stereocenters. The van der Waals surface area contributed by atoms with Gasteiger partial charge in [0.1, 0.15) is 12.0 Å². The first kappa shape index (κ1) is 20.2. The number of likely N-dealkylation sites (N-methyl/N-ethyl adjacent to an activating group) is 1. The van der Waals surface area contributed by atoms with Gasteiger partial charge in [0.05, 0.1) is 0 Å². The highest BCUT2D eigenvalue weighted by Gasteiger charge is 2.16. The van der Waals surface area contributed by atoms with Crippen LogP contribution in [-0.2, 0) is 4.79 Å². The molecule has 25 heavy (non-hydrogen) atoms. The average molecular weight is 338 g/mol. The van der Waals surface area contributed by atoms with E-state index in [0.717, 1.165) is 35.1 Å². The molecule has 0 spiro atoms. The molecule has 1 amide bonds. The van der Waals surface area contributed by atoms with E-state index < -0.39 is 0 Å². The highest BCUT2D eigenvalue weighted by atomic mass is 16.2. The predicted molar refractivity (Wildman–Crippen MR) is 105 cm³/mol. The minimum absolute atomic E-state index is 0.101. The first-order valence-corrected chi connectivity index (χ1v) is 8.18. The van der Waals surface area contributed by atoms with Crippen molar-refractivity contribution in [2.45, 2.75) is 19.8 Å². The SMILES string of the molecule is C=C/C(=C\C=C(/CC)CN(C)C(=O)c1cc(C=C)c(C=C)[nH]1)CC=O. The van der Waals surface area contributed by atoms with Crippen LogP contribution in [-0.4, -0.2) is 35.7 Å². The second kappa shape index (κ2) is 10.1. The fourth-order valence-corrected chi connectivity index (χ4v) is 2.34. The van der Waals surface area contributed by atoms with Crippen molar-refractivity contribution in [2.75, 3.05) is 13.6 Å². The van der Waals surface area contributed by atoms with Crippen LogP contribution >= 0.6 is 0 Å². The van der Waals surface area contributed by atoms with Gasteiger partial charge in [-0.15, -0.1) is 0 Å². The van der Waals surface area contributed by atoms with Crippen molar-refractivity contribution >= 4 is 24.3 Å². The standard InChI is InChI=1S/C21H26N2O2/c1-6-16(12-13-24)10-11-17(7-2)15-23(5)21(25)20-14-18(8-3)19(9-4)22-20/h6,8-11,13-14,22H,1,3-4,7,12,15H2,2,5H3/b16-10+,17-11+. The van der Waals surface area contributed by atoms with Gasteiger partial charge < -0.3 is 14.7 Å². The molecule has 0 aliphatic heterocycles. The van der Waals surface area contributed by atoms with Gasteiger partial charge in [0.25, 0.3) is 5.91 Å². The Morgan fingerprint density at radius 3 is 2.44 bits per heavy atom. The molecule has 0 aliphatic rings. The summed E-state index contributed by atoms with van der Waals surface area (Å²) in [7, 11) is 1.76. The van der Waals surface area contributed by atoms with Crippen molar-refractivity contribution in [3.8, 4) is 0 Å². The predicted octanol–water partition coefficient (Wildman–Crippen LogP) is 4.41. The number of amides is 1. The third kappa shape index (κ3) is 5.60. The molecule has 0 bridgehead atoms. The molecule has 1 heterocycles. The van der Waals surface area contributed by atoms with Crippen molar-refractivity contribution in [1.82, 2.24) is 9.88 Å². The Kier molecular flexibility index (Phi) is 8.13. The number of hydrogen-bond donors (Lipinski definition) is 1. The van der Waals surface area contributed by atoms with Crippen molar-refractivity contribution in [1.29, 1.82) is 0 Å². The van der Waals surface area contributed by atoms with E-state index in [1.807, 2.05) is 19.1 Å². The molecular formula is C21H26N2O2. The average Bonchev–Trinajstić information content (AvgIpc) is 3.06. The minimum Gasteiger partial charge on any atom is -0.351 e. The maximum atomic E-state index is 12.6. The summed E-state index contributed by atoms with van der Waals surface area (Å²) >= 11 is 0. The zero-order valence-electron chi connectivity index (χ0n) is 15.0. The van der Waals surface area contributed by atoms with E-state index in [0.29, 0.717) is 18.7 Å². The van der Waals surface area contributed by atoms with Crippen LogP contribution < -0.4 is 0 Å². The Bertz CT molecular complexity index is 695. The first-order valence-electron chi connectivity index (χ1n) is 8.18. The minimum atomic E-state index is -0.101. The zero-order valence-corrected chi connectivity index (χ0v) is 15.0. The summed E-state index contributed by atoms with van der Waals surface area (Å²) in [6, 6.07) is 1.78. The Balaban J connectivity index is 2.92. The van der Waals surface area contributed by atoms with Crippen molar-refractivity contribution in [3.05, 3.63) is 72.1 Å². The van der Waals surface area contributed by atoms with Crippen LogP contribution in [0.25, 0.3) is 12.2 Å². The van der Waals surface area contributed by atoms with Crippen LogP contribution in [0.2, 0.25) is 0 Å². The van der Waals surface area contributed by atoms with Crippen molar-refractivity contribution in [3.63, 3.8) is 0 Å². The number of H-pyrrole nitrogens is 1. The third-order valence-electron chi connectivity index (χ3n) is 3.89. The Morgan fingerprint density at radius 1 is 1.24 bits per heavy atom. The first-order chi connectivity index (χ1) is 12.0. The molecule has 0 atom stereocenters. The lowest BCUT2D eigenvalue weighted by atomic mass is 10.1. The van der Waals surface area contributed by atoms with E-state index >= 15 is 0 Å². The summed E-state index contributed by atoms with van der Waals surface area (Å²) in [5.41, 5.74) is 4.08. The number of nitrogens with one attached hydrogen (secondary N) is 1. The van der Waals surface area contributed by atoms with Crippen LogP contribution in [0.15, 0.2) is 55.2 Å². The number of allylic oxidation sites excluding steroid dienone is 4. The van der Waals surface area contributed by atoms with E-state index in [1.165, 1.54) is 0 Å². The normalized spacial score (nSPS) is 11.8. The lowest BCUT2D eigenvalue weighted by Crippen LogP contribution is -2.29. The van der Waals surface area contributed by atoms with Gasteiger partial charge in [0, 0.05) is 25.7 Å². The number of hydrogen-bond acceptors (Lipinski definition) is 2. The highest BCUT2D eigenvalue weighted by molar-refractivity contribution is 5.94. The molecule has 0 saturated heterocycles. The van der Waals surface area contributed by atoms with Gasteiger partial charge >= 0.3 is 0 Å². The zero-order chi connectivity index (χ0) is 18.8. The summed E-state index contributed by atoms with van der Waals surface area (Å²) in [6.07, 6.45) is 10.8. The lowest BCUT2D eigenvalue weighted by molar-refractivity contribution is -0.107. The van der Waals surface area contributed by atoms with Crippen LogP contribution in [0.4, 0.5) is 0 Å². The molecule has 0 aliphatic carbocycles. The van der Waals surface area contributed by atoms with Gasteiger partial charge in [-0.05, 0) is 29.7 Å². The maximum absolute atomic E-state index is 12.6. The van der Waals surface area contributed by atoms with E-state index in [2.05, 4.69) is 24.7 Å². The molecule has 4 nitrogen and oxygen atoms in total. The smallest absolute Gasteiger partial charge is 0.270 e. The number of aldehydes is 1. The van der Waals surface area contributed by atoms with Gasteiger partial charge in [-0.25, -0.2) is 0 Å². The van der Waals surface area contributed by atoms with Gasteiger partial charge in [0.15, 0.2) is 0 Å². The quantitative estimate of drug-likeness (QED) is 0.507. The Labute approximate surface area is 149 Å². The molecule has 1 N–H and O–H groups in total. The number of carbonyl (C=O) groups excluding carboxylic acids is 2. The van der Waals surface area contributed by atoms with E-state index in [1.54, 1.807) is 36.2 Å². The molecule has 1 aromatic rings. The Hall–Kier alpha value is -2.88. The molecule has 1 aromatic heterocycles. The van der Waals surface area contributed by atoms with Gasteiger partial charge in [0.2, 0.25) is 0 Å². The van der Waals surface area contributed by atoms with E-state index in [4.69, 9.17) is 0 Å². The molecule has 0 saturated carbocycles. The van der Waals surface area contributed by atoms with Gasteiger partial charge in [-0.1, -0.05) is 56.5 Å². The Morgan fingerprint density at radius 2 is 1.96 bits per heavy atom. The third-order valence-corrected chi connectivity index (χ3v) is 3.89. The molecule has 4 heteroatoms. The van der Waals surface area contributed by atoms with E-state index in [-0.39, 0.29) is 5.91 Å². The molecule has 132 valence electrons. The van der Waals surface area contributed by atoms with Crippen molar-refractivity contribution in [2.24, 2.45) is 0 Å². The van der Waals surface area contributed by atoms with Gasteiger partial charge in [-0.3, -0.25) is 4.79 Å². The van der Waals surface area contributed by atoms with Gasteiger partial charge in [-0.2, -0.15) is 0 Å². The van der Waals surface area contributed by atoms with Crippen LogP contribution in [0.1, 0.15) is 41.5 Å². The fourth-order valence-electron chi connectivity index (χ4n) is 2.34. The summed E-state index contributed by atoms with van der Waals surface area (Å²) < 4.78 is 0. The molecule has 1 rings (SSSR count). The fraction of sp³-hybridized carbons (Fsp3) is 0.238. The molecule has 0 radical (unpaired) electrons. The second-order valence-corrected chi connectivity index (χ2v) is 5.62. The highest BCUT2D eigenvalue weighted by Crippen LogP contribution is 2.16. The van der Waals surface area contributed by atoms with Crippen molar-refractivity contribution < 1.29 is 9.59 Å². The summed E-state index contributed by atoms with van der Waals surface area (Å²) in [6.45, 7) is 13.7. The van der Waals surface area contributed by atoms with Crippen LogP contribution in [0, 0.1) is 0 Å². The van der Waals surface area contributed by atoms with Crippen LogP contribution in [0.3, 0.4) is 0 Å². The molecule has 0 aromatic carbocycles. The monoisotopic (exact) mass is 338 g/mol. The number of aromatic nitrogens is 1.